The van der Waals surface area contributed by atoms with Crippen LogP contribution in [0.25, 0.3) is 0 Å². The molecule has 0 bridgehead atoms. The minimum atomic E-state index is -0.913. The van der Waals surface area contributed by atoms with Gasteiger partial charge in [0.25, 0.3) is 0 Å². The van der Waals surface area contributed by atoms with E-state index in [-0.39, 0.29) is 0 Å². The Labute approximate surface area is 82.7 Å². The van der Waals surface area contributed by atoms with Crippen LogP contribution in [0.3, 0.4) is 0 Å². The lowest BCUT2D eigenvalue weighted by Crippen LogP contribution is -1.96. The van der Waals surface area contributed by atoms with Gasteiger partial charge in [0, 0.05) is 15.9 Å². The number of nitrogens with two attached hydrogens (primary N) is 1. The van der Waals surface area contributed by atoms with E-state index < -0.39 is 10.8 Å². The van der Waals surface area contributed by atoms with E-state index in [2.05, 4.69) is 15.9 Å². The van der Waals surface area contributed by atoms with Crippen molar-refractivity contribution in [1.29, 1.82) is 0 Å². The Hall–Kier alpha value is -0.350. The highest BCUT2D eigenvalue weighted by Gasteiger charge is 2.05. The number of benzene rings is 1. The van der Waals surface area contributed by atoms with Gasteiger partial charge in [0.15, 0.2) is 0 Å². The summed E-state index contributed by atoms with van der Waals surface area (Å²) in [7, 11) is -0.913. The van der Waals surface area contributed by atoms with Gasteiger partial charge in [-0.05, 0) is 34.1 Å². The summed E-state index contributed by atoms with van der Waals surface area (Å²) < 4.78 is 12.2. The molecular weight excluding hydrogens is 238 g/mol. The molecular formula is C8H10BrNOS. The van der Waals surface area contributed by atoms with E-state index in [9.17, 15) is 4.21 Å². The molecule has 0 saturated carbocycles. The lowest BCUT2D eigenvalue weighted by Gasteiger charge is -2.02. The molecule has 0 fully saturated rings. The molecule has 2 nitrogen and oxygen atoms in total. The Morgan fingerprint density at radius 2 is 2.25 bits per heavy atom. The van der Waals surface area contributed by atoms with Crippen molar-refractivity contribution in [2.24, 2.45) is 0 Å². The van der Waals surface area contributed by atoms with Crippen LogP contribution in [0.15, 0.2) is 27.6 Å². The van der Waals surface area contributed by atoms with E-state index >= 15 is 0 Å². The van der Waals surface area contributed by atoms with E-state index in [0.29, 0.717) is 11.4 Å². The average Bonchev–Trinajstić information content (AvgIpc) is 2.03. The lowest BCUT2D eigenvalue weighted by molar-refractivity contribution is 0.683. The zero-order chi connectivity index (χ0) is 9.14. The second kappa shape index (κ2) is 4.05. The highest BCUT2D eigenvalue weighted by Crippen LogP contribution is 2.22. The van der Waals surface area contributed by atoms with E-state index in [1.807, 2.05) is 6.92 Å². The summed E-state index contributed by atoms with van der Waals surface area (Å²) in [6.45, 7) is 1.89. The Kier molecular flexibility index (Phi) is 3.29. The molecule has 0 aliphatic rings. The number of anilines is 1. The van der Waals surface area contributed by atoms with Crippen LogP contribution in [0.5, 0.6) is 0 Å². The molecule has 1 aromatic rings. The fraction of sp³-hybridized carbons (Fsp3) is 0.250. The summed E-state index contributed by atoms with van der Waals surface area (Å²) in [6.07, 6.45) is 0. The molecule has 1 atom stereocenters. The van der Waals surface area contributed by atoms with E-state index in [0.717, 1.165) is 9.37 Å². The standard InChI is InChI=1S/C8H10BrNOS/c1-2-12(11)8-4-3-6(10)5-7(8)9/h3-5H,2,10H2,1H3. The first kappa shape index (κ1) is 9.74. The average molecular weight is 248 g/mol. The Morgan fingerprint density at radius 1 is 1.58 bits per heavy atom. The van der Waals surface area contributed by atoms with Gasteiger partial charge in [-0.2, -0.15) is 0 Å². The van der Waals surface area contributed by atoms with Crippen LogP contribution in [0, 0.1) is 0 Å². The van der Waals surface area contributed by atoms with Crippen molar-refractivity contribution >= 4 is 32.4 Å². The number of hydrogen-bond donors (Lipinski definition) is 1. The maximum atomic E-state index is 11.4. The Morgan fingerprint density at radius 3 is 2.75 bits per heavy atom. The molecule has 1 unspecified atom stereocenters. The van der Waals surface area contributed by atoms with Gasteiger partial charge in [0.2, 0.25) is 0 Å². The number of halogens is 1. The van der Waals surface area contributed by atoms with Gasteiger partial charge in [-0.15, -0.1) is 0 Å². The fourth-order valence-corrected chi connectivity index (χ4v) is 2.60. The number of nitrogen functional groups attached to an aromatic ring is 1. The number of rotatable bonds is 2. The van der Waals surface area contributed by atoms with Gasteiger partial charge in [0.05, 0.1) is 15.7 Å². The molecule has 0 saturated heterocycles. The zero-order valence-corrected chi connectivity index (χ0v) is 9.11. The molecule has 0 spiro atoms. The fourth-order valence-electron chi connectivity index (χ4n) is 0.857. The molecule has 0 radical (unpaired) electrons. The summed E-state index contributed by atoms with van der Waals surface area (Å²) in [6, 6.07) is 5.32. The molecule has 0 heterocycles. The van der Waals surface area contributed by atoms with E-state index in [1.165, 1.54) is 0 Å². The van der Waals surface area contributed by atoms with Gasteiger partial charge in [0.1, 0.15) is 0 Å². The smallest absolute Gasteiger partial charge is 0.0538 e. The van der Waals surface area contributed by atoms with Crippen LogP contribution < -0.4 is 5.73 Å². The summed E-state index contributed by atoms with van der Waals surface area (Å²) >= 11 is 3.32. The van der Waals surface area contributed by atoms with Crippen LogP contribution in [-0.2, 0) is 10.8 Å². The molecule has 1 aromatic carbocycles. The molecule has 2 N–H and O–H groups in total. The normalized spacial score (nSPS) is 12.8. The van der Waals surface area contributed by atoms with Crippen molar-refractivity contribution in [2.45, 2.75) is 11.8 Å². The highest BCUT2D eigenvalue weighted by molar-refractivity contribution is 9.10. The summed E-state index contributed by atoms with van der Waals surface area (Å²) in [4.78, 5) is 0.812. The third-order valence-corrected chi connectivity index (χ3v) is 3.75. The van der Waals surface area contributed by atoms with Crippen LogP contribution in [0.1, 0.15) is 6.92 Å². The largest absolute Gasteiger partial charge is 0.399 e. The topological polar surface area (TPSA) is 43.1 Å². The molecule has 0 aliphatic carbocycles. The minimum absolute atomic E-state index is 0.627. The summed E-state index contributed by atoms with van der Waals surface area (Å²) in [5.41, 5.74) is 6.22. The Bertz CT molecular complexity index is 314. The van der Waals surface area contributed by atoms with Crippen molar-refractivity contribution in [1.82, 2.24) is 0 Å². The predicted molar refractivity (Wildman–Crippen MR) is 55.5 cm³/mol. The monoisotopic (exact) mass is 247 g/mol. The molecule has 4 heteroatoms. The van der Waals surface area contributed by atoms with Gasteiger partial charge in [-0.3, -0.25) is 4.21 Å². The third-order valence-electron chi connectivity index (χ3n) is 1.46. The molecule has 1 rings (SSSR count). The highest BCUT2D eigenvalue weighted by atomic mass is 79.9. The van der Waals surface area contributed by atoms with Crippen molar-refractivity contribution in [3.8, 4) is 0 Å². The summed E-state index contributed by atoms with van der Waals surface area (Å²) in [5.74, 6) is 0.627. The van der Waals surface area contributed by atoms with E-state index in [4.69, 9.17) is 5.73 Å². The predicted octanol–water partition coefficient (Wildman–Crippen LogP) is 2.16. The van der Waals surface area contributed by atoms with Crippen LogP contribution in [0.4, 0.5) is 5.69 Å². The second-order valence-corrected chi connectivity index (χ2v) is 4.89. The van der Waals surface area contributed by atoms with Crippen molar-refractivity contribution < 1.29 is 4.21 Å². The van der Waals surface area contributed by atoms with Crippen LogP contribution in [-0.4, -0.2) is 9.96 Å². The maximum Gasteiger partial charge on any atom is 0.0538 e. The molecule has 0 amide bonds. The summed E-state index contributed by atoms with van der Waals surface area (Å²) in [5, 5.41) is 0. The molecule has 0 aromatic heterocycles. The third kappa shape index (κ3) is 2.08. The molecule has 12 heavy (non-hydrogen) atoms. The minimum Gasteiger partial charge on any atom is -0.399 e. The van der Waals surface area contributed by atoms with Crippen LogP contribution >= 0.6 is 15.9 Å². The van der Waals surface area contributed by atoms with Crippen molar-refractivity contribution in [2.75, 3.05) is 11.5 Å². The lowest BCUT2D eigenvalue weighted by atomic mass is 10.3. The van der Waals surface area contributed by atoms with E-state index in [1.54, 1.807) is 18.2 Å². The first-order chi connectivity index (χ1) is 5.65. The SMILES string of the molecule is CCS(=O)c1ccc(N)cc1Br. The molecule has 66 valence electrons. The Balaban J connectivity index is 3.09. The van der Waals surface area contributed by atoms with Gasteiger partial charge < -0.3 is 5.73 Å². The maximum absolute atomic E-state index is 11.4. The quantitative estimate of drug-likeness (QED) is 0.815. The van der Waals surface area contributed by atoms with Crippen LogP contribution in [0.2, 0.25) is 0 Å². The van der Waals surface area contributed by atoms with Crippen molar-refractivity contribution in [3.05, 3.63) is 22.7 Å². The first-order valence-corrected chi connectivity index (χ1v) is 5.69. The van der Waals surface area contributed by atoms with Gasteiger partial charge in [-0.25, -0.2) is 0 Å². The number of hydrogen-bond acceptors (Lipinski definition) is 2. The van der Waals surface area contributed by atoms with Gasteiger partial charge in [-0.1, -0.05) is 6.92 Å². The molecule has 0 aliphatic heterocycles. The zero-order valence-electron chi connectivity index (χ0n) is 6.71. The second-order valence-electron chi connectivity index (χ2n) is 2.32. The van der Waals surface area contributed by atoms with Crippen molar-refractivity contribution in [3.63, 3.8) is 0 Å². The van der Waals surface area contributed by atoms with Gasteiger partial charge >= 0.3 is 0 Å². The first-order valence-electron chi connectivity index (χ1n) is 3.58.